The van der Waals surface area contributed by atoms with Gasteiger partial charge in [-0.3, -0.25) is 5.43 Å². The molecular formula is C13H19N5O2S. The topological polar surface area (TPSA) is 105 Å². The number of hydrogen-bond acceptors (Lipinski definition) is 8. The molecule has 2 aromatic rings. The Balaban J connectivity index is 1.90. The van der Waals surface area contributed by atoms with Crippen molar-refractivity contribution in [2.24, 2.45) is 5.84 Å². The van der Waals surface area contributed by atoms with E-state index in [2.05, 4.69) is 33.7 Å². The predicted octanol–water partition coefficient (Wildman–Crippen LogP) is 1.10. The number of hydrogen-bond donors (Lipinski definition) is 4. The lowest BCUT2D eigenvalue weighted by Crippen LogP contribution is -2.37. The van der Waals surface area contributed by atoms with E-state index in [1.54, 1.807) is 11.3 Å². The number of fused-ring (bicyclic) bond motifs is 1. The molecule has 1 aliphatic heterocycles. The third-order valence-corrected chi connectivity index (χ3v) is 4.76. The van der Waals surface area contributed by atoms with E-state index in [0.717, 1.165) is 16.6 Å². The number of thiophene rings is 1. The SMILES string of the molecule is CCc1cc2c(NCC3(O)CCOC3)nc(NN)nc2s1. The highest BCUT2D eigenvalue weighted by atomic mass is 32.1. The summed E-state index contributed by atoms with van der Waals surface area (Å²) in [4.78, 5) is 10.8. The van der Waals surface area contributed by atoms with Gasteiger partial charge in [-0.2, -0.15) is 4.98 Å². The maximum Gasteiger partial charge on any atom is 0.240 e. The lowest BCUT2D eigenvalue weighted by atomic mass is 10.0. The van der Waals surface area contributed by atoms with Crippen LogP contribution < -0.4 is 16.6 Å². The zero-order valence-electron chi connectivity index (χ0n) is 11.8. The Morgan fingerprint density at radius 1 is 1.52 bits per heavy atom. The second-order valence-electron chi connectivity index (χ2n) is 5.21. The summed E-state index contributed by atoms with van der Waals surface area (Å²) in [5.41, 5.74) is 1.65. The van der Waals surface area contributed by atoms with Crippen LogP contribution in [0, 0.1) is 0 Å². The summed E-state index contributed by atoms with van der Waals surface area (Å²) in [5.74, 6) is 6.48. The van der Waals surface area contributed by atoms with E-state index >= 15 is 0 Å². The fraction of sp³-hybridized carbons (Fsp3) is 0.538. The van der Waals surface area contributed by atoms with E-state index in [1.165, 1.54) is 4.88 Å². The molecular weight excluding hydrogens is 290 g/mol. The molecule has 1 atom stereocenters. The van der Waals surface area contributed by atoms with E-state index in [4.69, 9.17) is 10.6 Å². The van der Waals surface area contributed by atoms with Gasteiger partial charge in [-0.25, -0.2) is 10.8 Å². The summed E-state index contributed by atoms with van der Waals surface area (Å²) in [7, 11) is 0. The average molecular weight is 309 g/mol. The lowest BCUT2D eigenvalue weighted by molar-refractivity contribution is 0.0381. The minimum Gasteiger partial charge on any atom is -0.386 e. The number of anilines is 2. The van der Waals surface area contributed by atoms with E-state index < -0.39 is 5.60 Å². The predicted molar refractivity (Wildman–Crippen MR) is 83.5 cm³/mol. The van der Waals surface area contributed by atoms with Crippen LogP contribution in [0.25, 0.3) is 10.2 Å². The van der Waals surface area contributed by atoms with Gasteiger partial charge in [0.15, 0.2) is 0 Å². The van der Waals surface area contributed by atoms with Crippen molar-refractivity contribution in [3.63, 3.8) is 0 Å². The Morgan fingerprint density at radius 2 is 2.38 bits per heavy atom. The fourth-order valence-electron chi connectivity index (χ4n) is 2.33. The monoisotopic (exact) mass is 309 g/mol. The van der Waals surface area contributed by atoms with Crippen molar-refractivity contribution >= 4 is 33.3 Å². The molecule has 0 aliphatic carbocycles. The highest BCUT2D eigenvalue weighted by molar-refractivity contribution is 7.18. The first-order chi connectivity index (χ1) is 10.1. The second kappa shape index (κ2) is 5.72. The zero-order chi connectivity index (χ0) is 14.9. The van der Waals surface area contributed by atoms with Gasteiger partial charge in [0, 0.05) is 24.4 Å². The van der Waals surface area contributed by atoms with Crippen molar-refractivity contribution in [1.29, 1.82) is 0 Å². The first-order valence-corrected chi connectivity index (χ1v) is 7.76. The first kappa shape index (κ1) is 14.5. The number of nitrogen functional groups attached to an aromatic ring is 1. The quantitative estimate of drug-likeness (QED) is 0.484. The normalized spacial score (nSPS) is 21.9. The highest BCUT2D eigenvalue weighted by Crippen LogP contribution is 2.31. The van der Waals surface area contributed by atoms with Crippen LogP contribution in [0.2, 0.25) is 0 Å². The number of nitrogens with zero attached hydrogens (tertiary/aromatic N) is 2. The van der Waals surface area contributed by atoms with E-state index in [9.17, 15) is 5.11 Å². The molecule has 7 nitrogen and oxygen atoms in total. The van der Waals surface area contributed by atoms with Crippen LogP contribution >= 0.6 is 11.3 Å². The molecule has 0 saturated carbocycles. The number of hydrazine groups is 1. The van der Waals surface area contributed by atoms with Crippen LogP contribution in [0.15, 0.2) is 6.07 Å². The molecule has 1 aliphatic rings. The Morgan fingerprint density at radius 3 is 3.05 bits per heavy atom. The summed E-state index contributed by atoms with van der Waals surface area (Å²) < 4.78 is 5.25. The summed E-state index contributed by atoms with van der Waals surface area (Å²) in [6.07, 6.45) is 1.57. The van der Waals surface area contributed by atoms with Crippen molar-refractivity contribution in [2.45, 2.75) is 25.4 Å². The molecule has 0 aromatic carbocycles. The standard InChI is InChI=1S/C13H19N5O2S/c1-2-8-5-9-10(15-6-13(19)3-4-20-7-13)16-12(18-14)17-11(9)21-8/h5,19H,2-4,6-7,14H2,1H3,(H2,15,16,17,18). The van der Waals surface area contributed by atoms with Crippen LogP contribution in [0.4, 0.5) is 11.8 Å². The fourth-order valence-corrected chi connectivity index (χ4v) is 3.30. The third-order valence-electron chi connectivity index (χ3n) is 3.59. The van der Waals surface area contributed by atoms with Crippen molar-refractivity contribution in [1.82, 2.24) is 9.97 Å². The number of ether oxygens (including phenoxy) is 1. The Bertz CT molecular complexity index is 639. The van der Waals surface area contributed by atoms with E-state index in [-0.39, 0.29) is 0 Å². The number of aliphatic hydroxyl groups is 1. The molecule has 1 fully saturated rings. The molecule has 114 valence electrons. The highest BCUT2D eigenvalue weighted by Gasteiger charge is 2.32. The van der Waals surface area contributed by atoms with Gasteiger partial charge in [-0.15, -0.1) is 11.3 Å². The molecule has 0 amide bonds. The number of nitrogens with one attached hydrogen (secondary N) is 2. The van der Waals surface area contributed by atoms with Crippen molar-refractivity contribution < 1.29 is 9.84 Å². The smallest absolute Gasteiger partial charge is 0.240 e. The van der Waals surface area contributed by atoms with Gasteiger partial charge in [-0.1, -0.05) is 6.92 Å². The zero-order valence-corrected chi connectivity index (χ0v) is 12.7. The molecule has 1 unspecified atom stereocenters. The largest absolute Gasteiger partial charge is 0.386 e. The number of rotatable bonds is 5. The van der Waals surface area contributed by atoms with Gasteiger partial charge in [0.2, 0.25) is 5.95 Å². The number of aromatic nitrogens is 2. The molecule has 3 rings (SSSR count). The van der Waals surface area contributed by atoms with Gasteiger partial charge in [-0.05, 0) is 12.5 Å². The molecule has 3 heterocycles. The number of aryl methyl sites for hydroxylation is 1. The minimum absolute atomic E-state index is 0.347. The molecule has 2 aromatic heterocycles. The summed E-state index contributed by atoms with van der Waals surface area (Å²) in [5, 5.41) is 14.5. The van der Waals surface area contributed by atoms with Crippen LogP contribution in [0.3, 0.4) is 0 Å². The maximum absolute atomic E-state index is 10.3. The van der Waals surface area contributed by atoms with Crippen LogP contribution in [0.5, 0.6) is 0 Å². The van der Waals surface area contributed by atoms with Crippen LogP contribution in [-0.2, 0) is 11.2 Å². The molecule has 21 heavy (non-hydrogen) atoms. The Hall–Kier alpha value is -1.48. The molecule has 0 radical (unpaired) electrons. The minimum atomic E-state index is -0.836. The summed E-state index contributed by atoms with van der Waals surface area (Å²) >= 11 is 1.62. The van der Waals surface area contributed by atoms with Crippen molar-refractivity contribution in [3.05, 3.63) is 10.9 Å². The third kappa shape index (κ3) is 2.93. The Labute approximate surface area is 126 Å². The van der Waals surface area contributed by atoms with Crippen LogP contribution in [0.1, 0.15) is 18.2 Å². The van der Waals surface area contributed by atoms with Gasteiger partial charge in [0.1, 0.15) is 16.2 Å². The number of nitrogens with two attached hydrogens (primary N) is 1. The average Bonchev–Trinajstić information content (AvgIpc) is 3.10. The van der Waals surface area contributed by atoms with Gasteiger partial charge < -0.3 is 15.2 Å². The van der Waals surface area contributed by atoms with E-state index in [0.29, 0.717) is 37.9 Å². The second-order valence-corrected chi connectivity index (χ2v) is 6.32. The van der Waals surface area contributed by atoms with Gasteiger partial charge in [0.25, 0.3) is 0 Å². The lowest BCUT2D eigenvalue weighted by Gasteiger charge is -2.21. The van der Waals surface area contributed by atoms with Gasteiger partial charge in [0.05, 0.1) is 12.0 Å². The molecule has 8 heteroatoms. The van der Waals surface area contributed by atoms with E-state index in [1.807, 2.05) is 0 Å². The molecule has 0 bridgehead atoms. The van der Waals surface area contributed by atoms with Crippen molar-refractivity contribution in [2.75, 3.05) is 30.5 Å². The van der Waals surface area contributed by atoms with Gasteiger partial charge >= 0.3 is 0 Å². The molecule has 5 N–H and O–H groups in total. The first-order valence-electron chi connectivity index (χ1n) is 6.94. The molecule has 0 spiro atoms. The Kier molecular flexibility index (Phi) is 3.94. The maximum atomic E-state index is 10.3. The summed E-state index contributed by atoms with van der Waals surface area (Å²) in [6, 6.07) is 2.08. The molecule has 1 saturated heterocycles. The van der Waals surface area contributed by atoms with Crippen molar-refractivity contribution in [3.8, 4) is 0 Å². The van der Waals surface area contributed by atoms with Crippen LogP contribution in [-0.4, -0.2) is 40.4 Å². The summed E-state index contributed by atoms with van der Waals surface area (Å²) in [6.45, 7) is 3.43.